The molecule has 0 radical (unpaired) electrons. The van der Waals surface area contributed by atoms with E-state index in [0.29, 0.717) is 16.7 Å². The molecule has 1 aromatic heterocycles. The maximum Gasteiger partial charge on any atom is 0.273 e. The number of furan rings is 1. The monoisotopic (exact) mass is 193 g/mol. The van der Waals surface area contributed by atoms with Crippen LogP contribution in [-0.4, -0.2) is 10.0 Å². The first-order valence-electron chi connectivity index (χ1n) is 3.96. The van der Waals surface area contributed by atoms with Gasteiger partial charge in [-0.3, -0.25) is 10.1 Å². The minimum Gasteiger partial charge on any atom is -0.504 e. The van der Waals surface area contributed by atoms with E-state index in [2.05, 4.69) is 0 Å². The Morgan fingerprint density at radius 3 is 2.86 bits per heavy atom. The van der Waals surface area contributed by atoms with Crippen LogP contribution in [0.3, 0.4) is 0 Å². The van der Waals surface area contributed by atoms with Crippen LogP contribution in [-0.2, 0) is 0 Å². The summed E-state index contributed by atoms with van der Waals surface area (Å²) in [4.78, 5) is 9.93. The molecule has 0 fully saturated rings. The van der Waals surface area contributed by atoms with Crippen molar-refractivity contribution in [2.24, 2.45) is 0 Å². The lowest BCUT2D eigenvalue weighted by Gasteiger charge is -1.90. The molecule has 1 aromatic carbocycles. The Morgan fingerprint density at radius 2 is 2.21 bits per heavy atom. The number of nitro groups is 1. The average molecular weight is 193 g/mol. The number of benzene rings is 1. The highest BCUT2D eigenvalue weighted by atomic mass is 16.6. The molecule has 0 atom stereocenters. The van der Waals surface area contributed by atoms with E-state index in [-0.39, 0.29) is 11.4 Å². The van der Waals surface area contributed by atoms with Crippen LogP contribution in [0.1, 0.15) is 5.76 Å². The third kappa shape index (κ3) is 1.10. The number of nitro benzene ring substituents is 1. The number of hydrogen-bond donors (Lipinski definition) is 1. The van der Waals surface area contributed by atoms with Crippen LogP contribution in [0.25, 0.3) is 11.0 Å². The van der Waals surface area contributed by atoms with Gasteiger partial charge in [0.15, 0.2) is 5.75 Å². The van der Waals surface area contributed by atoms with E-state index in [1.54, 1.807) is 6.92 Å². The van der Waals surface area contributed by atoms with E-state index >= 15 is 0 Å². The molecular weight excluding hydrogens is 186 g/mol. The summed E-state index contributed by atoms with van der Waals surface area (Å²) in [5.41, 5.74) is 0.278. The van der Waals surface area contributed by atoms with Gasteiger partial charge in [0.05, 0.1) is 16.4 Å². The Labute approximate surface area is 78.7 Å². The zero-order valence-electron chi connectivity index (χ0n) is 7.35. The summed E-state index contributed by atoms with van der Waals surface area (Å²) >= 11 is 0. The Hall–Kier alpha value is -2.04. The van der Waals surface area contributed by atoms with Crippen LogP contribution in [0, 0.1) is 17.0 Å². The first kappa shape index (κ1) is 8.55. The predicted octanol–water partition coefficient (Wildman–Crippen LogP) is 2.36. The summed E-state index contributed by atoms with van der Waals surface area (Å²) in [7, 11) is 0. The summed E-state index contributed by atoms with van der Waals surface area (Å²) < 4.78 is 5.14. The van der Waals surface area contributed by atoms with Crippen molar-refractivity contribution in [1.29, 1.82) is 0 Å². The predicted molar refractivity (Wildman–Crippen MR) is 49.3 cm³/mol. The molecule has 0 aliphatic carbocycles. The van der Waals surface area contributed by atoms with Gasteiger partial charge in [-0.25, -0.2) is 0 Å². The molecule has 1 heterocycles. The number of fused-ring (bicyclic) bond motifs is 1. The van der Waals surface area contributed by atoms with Crippen molar-refractivity contribution in [3.63, 3.8) is 0 Å². The van der Waals surface area contributed by atoms with E-state index in [9.17, 15) is 15.2 Å². The second-order valence-electron chi connectivity index (χ2n) is 2.94. The maximum atomic E-state index is 10.4. The van der Waals surface area contributed by atoms with Crippen molar-refractivity contribution in [1.82, 2.24) is 0 Å². The lowest BCUT2D eigenvalue weighted by atomic mass is 10.2. The summed E-state index contributed by atoms with van der Waals surface area (Å²) in [6.07, 6.45) is 0. The number of aromatic hydroxyl groups is 1. The lowest BCUT2D eigenvalue weighted by Crippen LogP contribution is -1.85. The summed E-state index contributed by atoms with van der Waals surface area (Å²) in [5, 5.41) is 20.4. The van der Waals surface area contributed by atoms with Crippen molar-refractivity contribution in [2.75, 3.05) is 0 Å². The first-order chi connectivity index (χ1) is 6.59. The molecule has 5 nitrogen and oxygen atoms in total. The third-order valence-corrected chi connectivity index (χ3v) is 2.03. The van der Waals surface area contributed by atoms with Gasteiger partial charge in [-0.2, -0.15) is 0 Å². The molecule has 2 rings (SSSR count). The fraction of sp³-hybridized carbons (Fsp3) is 0.111. The molecule has 0 spiro atoms. The number of nitrogens with zero attached hydrogens (tertiary/aromatic N) is 1. The van der Waals surface area contributed by atoms with Gasteiger partial charge in [0.25, 0.3) is 5.69 Å². The average Bonchev–Trinajstić information content (AvgIpc) is 2.42. The summed E-state index contributed by atoms with van der Waals surface area (Å²) in [5.74, 6) is 0.399. The zero-order valence-corrected chi connectivity index (χ0v) is 7.35. The fourth-order valence-corrected chi connectivity index (χ4v) is 1.31. The lowest BCUT2D eigenvalue weighted by molar-refractivity contribution is -0.384. The van der Waals surface area contributed by atoms with Crippen LogP contribution in [0.2, 0.25) is 0 Å². The normalized spacial score (nSPS) is 10.6. The van der Waals surface area contributed by atoms with Gasteiger partial charge in [-0.05, 0) is 13.0 Å². The summed E-state index contributed by atoms with van der Waals surface area (Å²) in [6.45, 7) is 1.60. The number of rotatable bonds is 1. The smallest absolute Gasteiger partial charge is 0.273 e. The van der Waals surface area contributed by atoms with Gasteiger partial charge in [0.1, 0.15) is 11.3 Å². The third-order valence-electron chi connectivity index (χ3n) is 2.03. The molecule has 0 saturated carbocycles. The topological polar surface area (TPSA) is 76.5 Å². The van der Waals surface area contributed by atoms with Crippen LogP contribution < -0.4 is 0 Å². The van der Waals surface area contributed by atoms with Gasteiger partial charge in [0, 0.05) is 6.07 Å². The molecule has 0 bridgehead atoms. The number of non-ortho nitro benzene ring substituents is 1. The van der Waals surface area contributed by atoms with E-state index in [1.165, 1.54) is 18.2 Å². The zero-order chi connectivity index (χ0) is 10.3. The van der Waals surface area contributed by atoms with Crippen LogP contribution in [0.15, 0.2) is 22.6 Å². The Balaban J connectivity index is 2.73. The molecule has 0 aliphatic rings. The van der Waals surface area contributed by atoms with Gasteiger partial charge in [0.2, 0.25) is 0 Å². The van der Waals surface area contributed by atoms with E-state index < -0.39 is 4.92 Å². The van der Waals surface area contributed by atoms with Crippen molar-refractivity contribution in [2.45, 2.75) is 6.92 Å². The second-order valence-corrected chi connectivity index (χ2v) is 2.94. The first-order valence-corrected chi connectivity index (χ1v) is 3.96. The molecule has 5 heteroatoms. The molecule has 0 aliphatic heterocycles. The molecule has 0 unspecified atom stereocenters. The molecular formula is C9H7NO4. The van der Waals surface area contributed by atoms with Crippen molar-refractivity contribution < 1.29 is 14.4 Å². The van der Waals surface area contributed by atoms with Gasteiger partial charge in [-0.15, -0.1) is 0 Å². The molecule has 72 valence electrons. The standard InChI is InChI=1S/C9H7NO4/c1-5-9(11)7-3-2-6(10(12)13)4-8(7)14-5/h2-4,11H,1H3. The SMILES string of the molecule is Cc1oc2cc([N+](=O)[O-])ccc2c1O. The molecule has 0 saturated heterocycles. The minimum absolute atomic E-state index is 0.0369. The van der Waals surface area contributed by atoms with E-state index in [4.69, 9.17) is 4.42 Å². The maximum absolute atomic E-state index is 10.4. The van der Waals surface area contributed by atoms with Crippen molar-refractivity contribution in [3.8, 4) is 5.75 Å². The van der Waals surface area contributed by atoms with E-state index in [0.717, 1.165) is 0 Å². The van der Waals surface area contributed by atoms with Crippen LogP contribution in [0.4, 0.5) is 5.69 Å². The van der Waals surface area contributed by atoms with E-state index in [1.807, 2.05) is 0 Å². The van der Waals surface area contributed by atoms with Crippen LogP contribution in [0.5, 0.6) is 5.75 Å². The molecule has 14 heavy (non-hydrogen) atoms. The Kier molecular flexibility index (Phi) is 1.67. The largest absolute Gasteiger partial charge is 0.504 e. The minimum atomic E-state index is -0.506. The van der Waals surface area contributed by atoms with Gasteiger partial charge >= 0.3 is 0 Å². The highest BCUT2D eigenvalue weighted by Gasteiger charge is 2.13. The highest BCUT2D eigenvalue weighted by molar-refractivity contribution is 5.86. The second kappa shape index (κ2) is 2.73. The van der Waals surface area contributed by atoms with Crippen LogP contribution >= 0.6 is 0 Å². The van der Waals surface area contributed by atoms with Crippen molar-refractivity contribution >= 4 is 16.7 Å². The number of aryl methyl sites for hydroxylation is 1. The molecule has 1 N–H and O–H groups in total. The van der Waals surface area contributed by atoms with Gasteiger partial charge in [-0.1, -0.05) is 0 Å². The van der Waals surface area contributed by atoms with Crippen molar-refractivity contribution in [3.05, 3.63) is 34.1 Å². The molecule has 0 amide bonds. The highest BCUT2D eigenvalue weighted by Crippen LogP contribution is 2.33. The number of hydrogen-bond acceptors (Lipinski definition) is 4. The van der Waals surface area contributed by atoms with Gasteiger partial charge < -0.3 is 9.52 Å². The summed E-state index contributed by atoms with van der Waals surface area (Å²) in [6, 6.07) is 4.10. The fourth-order valence-electron chi connectivity index (χ4n) is 1.31. The quantitative estimate of drug-likeness (QED) is 0.557. The Morgan fingerprint density at radius 1 is 1.50 bits per heavy atom. The molecule has 2 aromatic rings. The Bertz CT molecular complexity index is 515.